The molecule has 0 saturated heterocycles. The van der Waals surface area contributed by atoms with Gasteiger partial charge in [0.25, 0.3) is 0 Å². The minimum Gasteiger partial charge on any atom is -0.309 e. The highest BCUT2D eigenvalue weighted by Gasteiger charge is 2.31. The zero-order chi connectivity index (χ0) is 13.1. The predicted molar refractivity (Wildman–Crippen MR) is 81.2 cm³/mol. The molecule has 0 heterocycles. The van der Waals surface area contributed by atoms with E-state index in [0.717, 1.165) is 12.5 Å². The first-order valence-corrected chi connectivity index (χ1v) is 7.81. The number of benzene rings is 1. The number of nitrogens with one attached hydrogen (secondary N) is 1. The highest BCUT2D eigenvalue weighted by molar-refractivity contribution is 5.25. The molecule has 1 N–H and O–H groups in total. The molecule has 2 aliphatic carbocycles. The van der Waals surface area contributed by atoms with Crippen LogP contribution >= 0.6 is 0 Å². The summed E-state index contributed by atoms with van der Waals surface area (Å²) in [5.74, 6) is 0.875. The Morgan fingerprint density at radius 2 is 2.00 bits per heavy atom. The molecular formula is C18H25N. The van der Waals surface area contributed by atoms with Gasteiger partial charge >= 0.3 is 0 Å². The largest absolute Gasteiger partial charge is 0.309 e. The Balaban J connectivity index is 1.56. The van der Waals surface area contributed by atoms with E-state index in [1.807, 2.05) is 0 Å². The summed E-state index contributed by atoms with van der Waals surface area (Å²) in [6, 6.07) is 9.68. The van der Waals surface area contributed by atoms with Crippen LogP contribution in [0.1, 0.15) is 55.7 Å². The lowest BCUT2D eigenvalue weighted by Crippen LogP contribution is -2.24. The number of hydrogen-bond acceptors (Lipinski definition) is 1. The van der Waals surface area contributed by atoms with Crippen molar-refractivity contribution in [1.29, 1.82) is 0 Å². The summed E-state index contributed by atoms with van der Waals surface area (Å²) in [4.78, 5) is 0. The van der Waals surface area contributed by atoms with Crippen molar-refractivity contribution in [3.8, 4) is 0 Å². The van der Waals surface area contributed by atoms with Gasteiger partial charge in [0.1, 0.15) is 0 Å². The molecule has 0 amide bonds. The van der Waals surface area contributed by atoms with Crippen molar-refractivity contribution in [1.82, 2.24) is 5.32 Å². The second-order valence-electron chi connectivity index (χ2n) is 6.18. The van der Waals surface area contributed by atoms with Crippen LogP contribution in [-0.2, 0) is 0 Å². The second kappa shape index (κ2) is 5.92. The van der Waals surface area contributed by atoms with E-state index in [0.29, 0.717) is 6.04 Å². The van der Waals surface area contributed by atoms with E-state index in [1.165, 1.54) is 49.7 Å². The first kappa shape index (κ1) is 12.9. The van der Waals surface area contributed by atoms with Gasteiger partial charge in [-0.05, 0) is 63.5 Å². The van der Waals surface area contributed by atoms with Crippen LogP contribution in [0.5, 0.6) is 0 Å². The molecule has 0 aromatic heterocycles. The van der Waals surface area contributed by atoms with Crippen LogP contribution in [0.4, 0.5) is 0 Å². The first-order chi connectivity index (χ1) is 9.33. The fourth-order valence-corrected chi connectivity index (χ4v) is 3.11. The quantitative estimate of drug-likeness (QED) is 0.736. The molecule has 3 rings (SSSR count). The predicted octanol–water partition coefficient (Wildman–Crippen LogP) is 4.54. The Bertz CT molecular complexity index is 439. The molecule has 102 valence electrons. The Morgan fingerprint density at radius 3 is 2.63 bits per heavy atom. The smallest absolute Gasteiger partial charge is 0.0348 e. The summed E-state index contributed by atoms with van der Waals surface area (Å²) in [6.45, 7) is 3.30. The van der Waals surface area contributed by atoms with Crippen molar-refractivity contribution in [2.24, 2.45) is 5.92 Å². The molecule has 0 radical (unpaired) electrons. The second-order valence-corrected chi connectivity index (χ2v) is 6.18. The molecular weight excluding hydrogens is 230 g/mol. The summed E-state index contributed by atoms with van der Waals surface area (Å²) < 4.78 is 0. The standard InChI is InChI=1S/C18H25N/c1-14-6-8-16(9-7-14)18(17-10-11-17)19-13-12-15-4-2-3-5-15/h4,6-9,17-19H,2-3,5,10-13H2,1H3. The fraction of sp³-hybridized carbons (Fsp3) is 0.556. The summed E-state index contributed by atoms with van der Waals surface area (Å²) in [5, 5.41) is 3.80. The molecule has 0 aliphatic heterocycles. The van der Waals surface area contributed by atoms with Crippen molar-refractivity contribution in [2.75, 3.05) is 6.54 Å². The third-order valence-electron chi connectivity index (χ3n) is 4.48. The van der Waals surface area contributed by atoms with Crippen molar-refractivity contribution < 1.29 is 0 Å². The van der Waals surface area contributed by atoms with E-state index in [4.69, 9.17) is 0 Å². The van der Waals surface area contributed by atoms with Gasteiger partial charge in [0.15, 0.2) is 0 Å². The molecule has 1 aromatic carbocycles. The molecule has 0 bridgehead atoms. The third kappa shape index (κ3) is 3.48. The third-order valence-corrected chi connectivity index (χ3v) is 4.48. The van der Waals surface area contributed by atoms with E-state index < -0.39 is 0 Å². The highest BCUT2D eigenvalue weighted by Crippen LogP contribution is 2.41. The van der Waals surface area contributed by atoms with Gasteiger partial charge in [0.05, 0.1) is 0 Å². The van der Waals surface area contributed by atoms with Gasteiger partial charge in [-0.15, -0.1) is 0 Å². The van der Waals surface area contributed by atoms with Gasteiger partial charge in [-0.1, -0.05) is 41.5 Å². The highest BCUT2D eigenvalue weighted by atomic mass is 14.9. The molecule has 1 atom stereocenters. The molecule has 1 heteroatoms. The zero-order valence-corrected chi connectivity index (χ0v) is 12.0. The monoisotopic (exact) mass is 255 g/mol. The van der Waals surface area contributed by atoms with Gasteiger partial charge < -0.3 is 5.32 Å². The molecule has 1 nitrogen and oxygen atoms in total. The normalized spacial score (nSPS) is 20.4. The van der Waals surface area contributed by atoms with E-state index in [2.05, 4.69) is 42.6 Å². The van der Waals surface area contributed by atoms with E-state index in [1.54, 1.807) is 5.57 Å². The van der Waals surface area contributed by atoms with E-state index >= 15 is 0 Å². The molecule has 1 aromatic rings. The Labute approximate surface area is 117 Å². The number of hydrogen-bond donors (Lipinski definition) is 1. The summed E-state index contributed by atoms with van der Waals surface area (Å²) in [5.41, 5.74) is 4.51. The fourth-order valence-electron chi connectivity index (χ4n) is 3.11. The van der Waals surface area contributed by atoms with Crippen LogP contribution in [0.25, 0.3) is 0 Å². The average molecular weight is 255 g/mol. The maximum atomic E-state index is 3.80. The van der Waals surface area contributed by atoms with Gasteiger partial charge in [-0.25, -0.2) is 0 Å². The lowest BCUT2D eigenvalue weighted by atomic mass is 10.0. The number of rotatable bonds is 6. The van der Waals surface area contributed by atoms with Crippen LogP contribution in [0.15, 0.2) is 35.9 Å². The maximum Gasteiger partial charge on any atom is 0.0348 e. The topological polar surface area (TPSA) is 12.0 Å². The summed E-state index contributed by atoms with van der Waals surface area (Å²) in [7, 11) is 0. The molecule has 2 aliphatic rings. The molecule has 1 unspecified atom stereocenters. The van der Waals surface area contributed by atoms with Crippen molar-refractivity contribution >= 4 is 0 Å². The summed E-state index contributed by atoms with van der Waals surface area (Å²) in [6.07, 6.45) is 10.5. The molecule has 1 saturated carbocycles. The molecule has 1 fully saturated rings. The maximum absolute atomic E-state index is 3.80. The SMILES string of the molecule is Cc1ccc(C(NCCC2=CCCC2)C2CC2)cc1. The van der Waals surface area contributed by atoms with Crippen molar-refractivity contribution in [2.45, 2.75) is 51.5 Å². The molecule has 0 spiro atoms. The lowest BCUT2D eigenvalue weighted by Gasteiger charge is -2.19. The van der Waals surface area contributed by atoms with Gasteiger partial charge in [-0.3, -0.25) is 0 Å². The van der Waals surface area contributed by atoms with Crippen molar-refractivity contribution in [3.63, 3.8) is 0 Å². The van der Waals surface area contributed by atoms with Gasteiger partial charge in [-0.2, -0.15) is 0 Å². The lowest BCUT2D eigenvalue weighted by molar-refractivity contribution is 0.483. The zero-order valence-electron chi connectivity index (χ0n) is 12.0. The Hall–Kier alpha value is -1.08. The van der Waals surface area contributed by atoms with Crippen LogP contribution < -0.4 is 5.32 Å². The molecule has 19 heavy (non-hydrogen) atoms. The summed E-state index contributed by atoms with van der Waals surface area (Å²) >= 11 is 0. The van der Waals surface area contributed by atoms with Crippen LogP contribution in [0, 0.1) is 12.8 Å². The Kier molecular flexibility index (Phi) is 4.03. The number of aryl methyl sites for hydroxylation is 1. The van der Waals surface area contributed by atoms with Crippen LogP contribution in [0.2, 0.25) is 0 Å². The van der Waals surface area contributed by atoms with Gasteiger partial charge in [0.2, 0.25) is 0 Å². The van der Waals surface area contributed by atoms with Crippen LogP contribution in [-0.4, -0.2) is 6.54 Å². The average Bonchev–Trinajstić information content (AvgIpc) is 3.13. The minimum absolute atomic E-state index is 0.586. The first-order valence-electron chi connectivity index (χ1n) is 7.81. The van der Waals surface area contributed by atoms with E-state index in [9.17, 15) is 0 Å². The van der Waals surface area contributed by atoms with E-state index in [-0.39, 0.29) is 0 Å². The van der Waals surface area contributed by atoms with Gasteiger partial charge in [0, 0.05) is 6.04 Å². The number of allylic oxidation sites excluding steroid dienone is 1. The Morgan fingerprint density at radius 1 is 1.21 bits per heavy atom. The minimum atomic E-state index is 0.586. The van der Waals surface area contributed by atoms with Crippen LogP contribution in [0.3, 0.4) is 0 Å². The van der Waals surface area contributed by atoms with Crippen molar-refractivity contribution in [3.05, 3.63) is 47.0 Å².